The van der Waals surface area contributed by atoms with E-state index in [0.717, 1.165) is 37.2 Å². The summed E-state index contributed by atoms with van der Waals surface area (Å²) >= 11 is 6.10. The summed E-state index contributed by atoms with van der Waals surface area (Å²) in [6.07, 6.45) is 0. The Bertz CT molecular complexity index is 925. The molecule has 3 rings (SSSR count). The summed E-state index contributed by atoms with van der Waals surface area (Å²) in [6, 6.07) is 14.4. The molecule has 0 aliphatic rings. The standard InChI is InChI=1S/C23H27NOS2/c1-22(2,3)16-12-15(13-17(19(16)25)23(4,5)6)18-20(27-21(26)24-18)14-10-8-7-9-11-14/h7-13,25H,1-6H3,(H,24,26). The van der Waals surface area contributed by atoms with Gasteiger partial charge < -0.3 is 5.11 Å². The maximum absolute atomic E-state index is 11.0. The lowest BCUT2D eigenvalue weighted by molar-refractivity contribution is 0.423. The predicted octanol–water partition coefficient (Wildman–Crippen LogP) is 7.07. The number of hydrogen-bond donors (Lipinski definition) is 2. The first-order valence-corrected chi connectivity index (χ1v) is 10.4. The number of thiol groups is 1. The summed E-state index contributed by atoms with van der Waals surface area (Å²) in [5, 5.41) is 11.0. The van der Waals surface area contributed by atoms with Gasteiger partial charge in [0, 0.05) is 16.7 Å². The largest absolute Gasteiger partial charge is 0.507 e. The number of aromatic nitrogens is 1. The molecule has 0 amide bonds. The van der Waals surface area contributed by atoms with Crippen LogP contribution >= 0.6 is 24.0 Å². The number of rotatable bonds is 2. The van der Waals surface area contributed by atoms with E-state index in [1.807, 2.05) is 18.2 Å². The van der Waals surface area contributed by atoms with Crippen molar-refractivity contribution in [1.29, 1.82) is 0 Å². The van der Waals surface area contributed by atoms with Gasteiger partial charge in [-0.25, -0.2) is 4.98 Å². The summed E-state index contributed by atoms with van der Waals surface area (Å²) in [4.78, 5) is 5.84. The minimum Gasteiger partial charge on any atom is -0.507 e. The van der Waals surface area contributed by atoms with Crippen molar-refractivity contribution < 1.29 is 5.11 Å². The highest BCUT2D eigenvalue weighted by Gasteiger charge is 2.28. The van der Waals surface area contributed by atoms with Gasteiger partial charge in [-0.2, -0.15) is 0 Å². The van der Waals surface area contributed by atoms with Gasteiger partial charge >= 0.3 is 0 Å². The van der Waals surface area contributed by atoms with Crippen LogP contribution in [0.5, 0.6) is 5.75 Å². The van der Waals surface area contributed by atoms with E-state index in [0.29, 0.717) is 5.75 Å². The molecular weight excluding hydrogens is 370 g/mol. The van der Waals surface area contributed by atoms with Crippen LogP contribution in [0.4, 0.5) is 0 Å². The zero-order valence-corrected chi connectivity index (χ0v) is 18.5. The summed E-state index contributed by atoms with van der Waals surface area (Å²) in [7, 11) is 0. The van der Waals surface area contributed by atoms with E-state index in [4.69, 9.17) is 4.98 Å². The second-order valence-electron chi connectivity index (χ2n) is 8.96. The molecule has 2 aromatic carbocycles. The lowest BCUT2D eigenvalue weighted by Gasteiger charge is -2.28. The van der Waals surface area contributed by atoms with Crippen LogP contribution in [0.2, 0.25) is 0 Å². The molecule has 0 saturated carbocycles. The molecule has 3 aromatic rings. The van der Waals surface area contributed by atoms with Crippen molar-refractivity contribution in [2.24, 2.45) is 0 Å². The Hall–Kier alpha value is -1.78. The van der Waals surface area contributed by atoms with Gasteiger partial charge in [-0.15, -0.1) is 24.0 Å². The van der Waals surface area contributed by atoms with Crippen molar-refractivity contribution in [2.45, 2.75) is 56.7 Å². The van der Waals surface area contributed by atoms with Crippen LogP contribution in [0.25, 0.3) is 21.7 Å². The highest BCUT2D eigenvalue weighted by Crippen LogP contribution is 2.45. The van der Waals surface area contributed by atoms with Gasteiger partial charge in [0.15, 0.2) is 0 Å². The van der Waals surface area contributed by atoms with Crippen LogP contribution in [-0.4, -0.2) is 10.1 Å². The fourth-order valence-electron chi connectivity index (χ4n) is 3.20. The number of phenolic OH excluding ortho intramolecular Hbond substituents is 1. The minimum atomic E-state index is -0.174. The topological polar surface area (TPSA) is 33.1 Å². The summed E-state index contributed by atoms with van der Waals surface area (Å²) < 4.78 is 0.742. The molecule has 0 unspecified atom stereocenters. The van der Waals surface area contributed by atoms with Gasteiger partial charge in [0.05, 0.1) is 10.6 Å². The Kier molecular flexibility index (Phi) is 5.17. The van der Waals surface area contributed by atoms with E-state index in [1.165, 1.54) is 0 Å². The van der Waals surface area contributed by atoms with Crippen molar-refractivity contribution >= 4 is 24.0 Å². The number of thiazole rings is 1. The molecule has 0 radical (unpaired) electrons. The molecule has 142 valence electrons. The molecule has 4 heteroatoms. The average Bonchev–Trinajstić information content (AvgIpc) is 2.95. The number of nitrogens with zero attached hydrogens (tertiary/aromatic N) is 1. The van der Waals surface area contributed by atoms with Crippen molar-refractivity contribution in [3.63, 3.8) is 0 Å². The molecule has 0 aliphatic heterocycles. The van der Waals surface area contributed by atoms with E-state index in [9.17, 15) is 5.11 Å². The van der Waals surface area contributed by atoms with E-state index in [-0.39, 0.29) is 10.8 Å². The lowest BCUT2D eigenvalue weighted by atomic mass is 9.78. The highest BCUT2D eigenvalue weighted by atomic mass is 32.2. The molecule has 0 spiro atoms. The fourth-order valence-corrected chi connectivity index (χ4v) is 4.41. The SMILES string of the molecule is CC(C)(C)c1cc(-c2nc(S)sc2-c2ccccc2)cc(C(C)(C)C)c1O. The van der Waals surface area contributed by atoms with E-state index < -0.39 is 0 Å². The minimum absolute atomic E-state index is 0.174. The van der Waals surface area contributed by atoms with Gasteiger partial charge in [0.2, 0.25) is 0 Å². The molecule has 0 saturated heterocycles. The van der Waals surface area contributed by atoms with Gasteiger partial charge in [0.25, 0.3) is 0 Å². The van der Waals surface area contributed by atoms with Gasteiger partial charge in [0.1, 0.15) is 10.1 Å². The molecule has 2 nitrogen and oxygen atoms in total. The number of hydrogen-bond acceptors (Lipinski definition) is 4. The third kappa shape index (κ3) is 4.07. The average molecular weight is 398 g/mol. The van der Waals surface area contributed by atoms with Crippen LogP contribution in [-0.2, 0) is 10.8 Å². The Morgan fingerprint density at radius 2 is 1.37 bits per heavy atom. The molecule has 0 atom stereocenters. The summed E-state index contributed by atoms with van der Waals surface area (Å²) in [5.74, 6) is 0.390. The molecule has 27 heavy (non-hydrogen) atoms. The molecule has 0 fully saturated rings. The zero-order valence-electron chi connectivity index (χ0n) is 16.8. The third-order valence-corrected chi connectivity index (χ3v) is 5.93. The van der Waals surface area contributed by atoms with Crippen molar-refractivity contribution in [3.05, 3.63) is 53.6 Å². The molecular formula is C23H27NOS2. The second kappa shape index (κ2) is 6.99. The highest BCUT2D eigenvalue weighted by molar-refractivity contribution is 7.82. The Labute approximate surface area is 171 Å². The van der Waals surface area contributed by atoms with E-state index in [2.05, 4.69) is 78.4 Å². The molecule has 1 N–H and O–H groups in total. The van der Waals surface area contributed by atoms with E-state index in [1.54, 1.807) is 11.3 Å². The van der Waals surface area contributed by atoms with Gasteiger partial charge in [-0.3, -0.25) is 0 Å². The van der Waals surface area contributed by atoms with Crippen LogP contribution in [0.15, 0.2) is 46.8 Å². The normalized spacial score (nSPS) is 12.4. The van der Waals surface area contributed by atoms with E-state index >= 15 is 0 Å². The van der Waals surface area contributed by atoms with Crippen LogP contribution in [0, 0.1) is 0 Å². The monoisotopic (exact) mass is 397 g/mol. The molecule has 0 bridgehead atoms. The number of benzene rings is 2. The van der Waals surface area contributed by atoms with Gasteiger partial charge in [-0.05, 0) is 28.5 Å². The van der Waals surface area contributed by atoms with Crippen molar-refractivity contribution in [3.8, 4) is 27.4 Å². The number of aromatic hydroxyl groups is 1. The maximum atomic E-state index is 11.0. The first-order chi connectivity index (χ1) is 12.5. The molecule has 0 aliphatic carbocycles. The Balaban J connectivity index is 2.31. The zero-order chi connectivity index (χ0) is 20.0. The maximum Gasteiger partial charge on any atom is 0.148 e. The van der Waals surface area contributed by atoms with Crippen LogP contribution in [0.1, 0.15) is 52.7 Å². The predicted molar refractivity (Wildman–Crippen MR) is 119 cm³/mol. The first-order valence-electron chi connectivity index (χ1n) is 9.12. The van der Waals surface area contributed by atoms with Crippen molar-refractivity contribution in [1.82, 2.24) is 4.98 Å². The smallest absolute Gasteiger partial charge is 0.148 e. The molecule has 1 aromatic heterocycles. The lowest BCUT2D eigenvalue weighted by Crippen LogP contribution is -2.17. The van der Waals surface area contributed by atoms with Gasteiger partial charge in [-0.1, -0.05) is 71.9 Å². The number of phenols is 1. The quantitative estimate of drug-likeness (QED) is 0.453. The van der Waals surface area contributed by atoms with Crippen LogP contribution < -0.4 is 0 Å². The summed E-state index contributed by atoms with van der Waals surface area (Å²) in [5.41, 5.74) is 4.62. The Morgan fingerprint density at radius 1 is 0.852 bits per heavy atom. The van der Waals surface area contributed by atoms with Crippen molar-refractivity contribution in [2.75, 3.05) is 0 Å². The Morgan fingerprint density at radius 3 is 1.85 bits per heavy atom. The fraction of sp³-hybridized carbons (Fsp3) is 0.348. The van der Waals surface area contributed by atoms with Crippen LogP contribution in [0.3, 0.4) is 0 Å². The third-order valence-electron chi connectivity index (χ3n) is 4.65. The second-order valence-corrected chi connectivity index (χ2v) is 10.7. The summed E-state index contributed by atoms with van der Waals surface area (Å²) in [6.45, 7) is 12.8. The first kappa shape index (κ1) is 20.0. The molecule has 1 heterocycles.